The van der Waals surface area contributed by atoms with Crippen LogP contribution in [0.25, 0.3) is 0 Å². The Kier molecular flexibility index (Phi) is 3.29. The number of aryl methyl sites for hydroxylation is 1. The molecule has 2 N–H and O–H groups in total. The highest BCUT2D eigenvalue weighted by Gasteiger charge is 2.02. The SMILES string of the molecule is C/C=C/C(=O)Nc1ccc(C)cc1O. The van der Waals surface area contributed by atoms with E-state index >= 15 is 0 Å². The third kappa shape index (κ3) is 2.62. The van der Waals surface area contributed by atoms with Gasteiger partial charge >= 0.3 is 0 Å². The quantitative estimate of drug-likeness (QED) is 0.556. The van der Waals surface area contributed by atoms with Gasteiger partial charge < -0.3 is 10.4 Å². The Morgan fingerprint density at radius 3 is 2.79 bits per heavy atom. The molecule has 0 spiro atoms. The third-order valence-electron chi connectivity index (χ3n) is 1.73. The van der Waals surface area contributed by atoms with Crippen molar-refractivity contribution in [1.82, 2.24) is 0 Å². The number of carbonyl (C=O) groups is 1. The summed E-state index contributed by atoms with van der Waals surface area (Å²) in [5.74, 6) is -0.158. The molecule has 0 saturated heterocycles. The molecule has 0 aromatic heterocycles. The van der Waals surface area contributed by atoms with Crippen molar-refractivity contribution in [2.45, 2.75) is 13.8 Å². The molecule has 1 aromatic rings. The normalized spacial score (nSPS) is 10.4. The molecule has 0 aliphatic rings. The molecule has 0 heterocycles. The fourth-order valence-corrected chi connectivity index (χ4v) is 1.07. The van der Waals surface area contributed by atoms with E-state index in [1.807, 2.05) is 13.0 Å². The molecular formula is C11H13NO2. The highest BCUT2D eigenvalue weighted by molar-refractivity contribution is 6.00. The highest BCUT2D eigenvalue weighted by Crippen LogP contribution is 2.23. The number of hydrogen-bond acceptors (Lipinski definition) is 2. The van der Waals surface area contributed by atoms with Crippen LogP contribution >= 0.6 is 0 Å². The molecular weight excluding hydrogens is 178 g/mol. The number of phenols is 1. The molecule has 0 aliphatic carbocycles. The van der Waals surface area contributed by atoms with Crippen LogP contribution in [0.15, 0.2) is 30.4 Å². The van der Waals surface area contributed by atoms with Crippen LogP contribution in [0, 0.1) is 6.92 Å². The summed E-state index contributed by atoms with van der Waals surface area (Å²) < 4.78 is 0. The van der Waals surface area contributed by atoms with E-state index in [9.17, 15) is 9.90 Å². The van der Waals surface area contributed by atoms with E-state index in [2.05, 4.69) is 5.32 Å². The van der Waals surface area contributed by atoms with Gasteiger partial charge in [0.15, 0.2) is 0 Å². The van der Waals surface area contributed by atoms with Gasteiger partial charge in [-0.1, -0.05) is 12.1 Å². The molecule has 0 aliphatic heterocycles. The summed E-state index contributed by atoms with van der Waals surface area (Å²) >= 11 is 0. The predicted molar refractivity (Wildman–Crippen MR) is 56.3 cm³/mol. The summed E-state index contributed by atoms with van der Waals surface area (Å²) in [7, 11) is 0. The molecule has 0 saturated carbocycles. The van der Waals surface area contributed by atoms with Crippen molar-refractivity contribution in [3.8, 4) is 5.75 Å². The van der Waals surface area contributed by atoms with E-state index in [0.717, 1.165) is 5.56 Å². The second-order valence-corrected chi connectivity index (χ2v) is 3.01. The van der Waals surface area contributed by atoms with Gasteiger partial charge in [-0.3, -0.25) is 4.79 Å². The molecule has 1 amide bonds. The highest BCUT2D eigenvalue weighted by atomic mass is 16.3. The molecule has 1 aromatic carbocycles. The second-order valence-electron chi connectivity index (χ2n) is 3.01. The van der Waals surface area contributed by atoms with Crippen molar-refractivity contribution in [3.63, 3.8) is 0 Å². The zero-order valence-electron chi connectivity index (χ0n) is 8.24. The maximum Gasteiger partial charge on any atom is 0.248 e. The van der Waals surface area contributed by atoms with E-state index in [-0.39, 0.29) is 11.7 Å². The van der Waals surface area contributed by atoms with Crippen LogP contribution in [-0.4, -0.2) is 11.0 Å². The van der Waals surface area contributed by atoms with E-state index < -0.39 is 0 Å². The van der Waals surface area contributed by atoms with Crippen LogP contribution in [0.1, 0.15) is 12.5 Å². The van der Waals surface area contributed by atoms with Gasteiger partial charge in [0.1, 0.15) is 5.75 Å². The standard InChI is InChI=1S/C11H13NO2/c1-3-4-11(14)12-9-6-5-8(2)7-10(9)13/h3-7,13H,1-2H3,(H,12,14)/b4-3+. The summed E-state index contributed by atoms with van der Waals surface area (Å²) in [6.07, 6.45) is 3.04. The number of aromatic hydroxyl groups is 1. The molecule has 3 heteroatoms. The number of nitrogens with one attached hydrogen (secondary N) is 1. The van der Waals surface area contributed by atoms with E-state index in [1.165, 1.54) is 6.08 Å². The Hall–Kier alpha value is -1.77. The number of rotatable bonds is 2. The molecule has 74 valence electrons. The second kappa shape index (κ2) is 4.46. The summed E-state index contributed by atoms with van der Waals surface area (Å²) in [5, 5.41) is 12.0. The lowest BCUT2D eigenvalue weighted by Crippen LogP contribution is -2.07. The molecule has 0 fully saturated rings. The lowest BCUT2D eigenvalue weighted by Gasteiger charge is -2.05. The van der Waals surface area contributed by atoms with Crippen molar-refractivity contribution in [3.05, 3.63) is 35.9 Å². The van der Waals surface area contributed by atoms with Crippen molar-refractivity contribution in [2.24, 2.45) is 0 Å². The van der Waals surface area contributed by atoms with Crippen molar-refractivity contribution >= 4 is 11.6 Å². The number of anilines is 1. The third-order valence-corrected chi connectivity index (χ3v) is 1.73. The minimum atomic E-state index is -0.244. The predicted octanol–water partition coefficient (Wildman–Crippen LogP) is 2.22. The van der Waals surface area contributed by atoms with Gasteiger partial charge in [0.25, 0.3) is 0 Å². The Bertz CT molecular complexity index is 370. The number of hydrogen-bond donors (Lipinski definition) is 2. The lowest BCUT2D eigenvalue weighted by atomic mass is 10.2. The average molecular weight is 191 g/mol. The smallest absolute Gasteiger partial charge is 0.248 e. The van der Waals surface area contributed by atoms with Crippen LogP contribution in [0.3, 0.4) is 0 Å². The van der Waals surface area contributed by atoms with Gasteiger partial charge in [-0.25, -0.2) is 0 Å². The molecule has 0 radical (unpaired) electrons. The largest absolute Gasteiger partial charge is 0.506 e. The van der Waals surface area contributed by atoms with Crippen LogP contribution in [0.4, 0.5) is 5.69 Å². The minimum Gasteiger partial charge on any atom is -0.506 e. The van der Waals surface area contributed by atoms with E-state index in [0.29, 0.717) is 5.69 Å². The first kappa shape index (κ1) is 10.3. The fourth-order valence-electron chi connectivity index (χ4n) is 1.07. The van der Waals surface area contributed by atoms with Crippen molar-refractivity contribution < 1.29 is 9.90 Å². The Morgan fingerprint density at radius 2 is 2.21 bits per heavy atom. The van der Waals surface area contributed by atoms with Gasteiger partial charge in [-0.2, -0.15) is 0 Å². The maximum atomic E-state index is 11.1. The number of amides is 1. The number of allylic oxidation sites excluding steroid dienone is 1. The van der Waals surface area contributed by atoms with Crippen LogP contribution in [0.2, 0.25) is 0 Å². The molecule has 3 nitrogen and oxygen atoms in total. The minimum absolute atomic E-state index is 0.0860. The molecule has 0 unspecified atom stereocenters. The summed E-state index contributed by atoms with van der Waals surface area (Å²) in [6, 6.07) is 5.10. The molecule has 0 bridgehead atoms. The Balaban J connectivity index is 2.82. The molecule has 0 atom stereocenters. The lowest BCUT2D eigenvalue weighted by molar-refractivity contribution is -0.111. The average Bonchev–Trinajstić information content (AvgIpc) is 2.10. The zero-order chi connectivity index (χ0) is 10.6. The first-order valence-corrected chi connectivity index (χ1v) is 4.37. The first-order valence-electron chi connectivity index (χ1n) is 4.37. The zero-order valence-corrected chi connectivity index (χ0v) is 8.24. The van der Waals surface area contributed by atoms with Gasteiger partial charge in [0.05, 0.1) is 5.69 Å². The number of benzene rings is 1. The van der Waals surface area contributed by atoms with Gasteiger partial charge in [0, 0.05) is 0 Å². The Labute approximate surface area is 83.1 Å². The van der Waals surface area contributed by atoms with Gasteiger partial charge in [0.2, 0.25) is 5.91 Å². The molecule has 1 rings (SSSR count). The summed E-state index contributed by atoms with van der Waals surface area (Å²) in [4.78, 5) is 11.1. The van der Waals surface area contributed by atoms with Crippen LogP contribution in [0.5, 0.6) is 5.75 Å². The maximum absolute atomic E-state index is 11.1. The first-order chi connectivity index (χ1) is 6.63. The van der Waals surface area contributed by atoms with Crippen LogP contribution < -0.4 is 5.32 Å². The monoisotopic (exact) mass is 191 g/mol. The van der Waals surface area contributed by atoms with Crippen molar-refractivity contribution in [1.29, 1.82) is 0 Å². The van der Waals surface area contributed by atoms with Gasteiger partial charge in [-0.05, 0) is 37.6 Å². The summed E-state index contributed by atoms with van der Waals surface area (Å²) in [6.45, 7) is 3.63. The van der Waals surface area contributed by atoms with Crippen molar-refractivity contribution in [2.75, 3.05) is 5.32 Å². The Morgan fingerprint density at radius 1 is 1.50 bits per heavy atom. The van der Waals surface area contributed by atoms with E-state index in [1.54, 1.807) is 25.1 Å². The number of carbonyl (C=O) groups excluding carboxylic acids is 1. The van der Waals surface area contributed by atoms with E-state index in [4.69, 9.17) is 0 Å². The number of phenolic OH excluding ortho intramolecular Hbond substituents is 1. The fraction of sp³-hybridized carbons (Fsp3) is 0.182. The van der Waals surface area contributed by atoms with Crippen LogP contribution in [-0.2, 0) is 4.79 Å². The topological polar surface area (TPSA) is 49.3 Å². The summed E-state index contributed by atoms with van der Waals surface area (Å²) in [5.41, 5.74) is 1.38. The molecule has 14 heavy (non-hydrogen) atoms. The van der Waals surface area contributed by atoms with Gasteiger partial charge in [-0.15, -0.1) is 0 Å².